The SMILES string of the molecule is C=C[C@@H]1COCCCN1C(=O)OC(C)(C)C. The topological polar surface area (TPSA) is 38.8 Å². The van der Waals surface area contributed by atoms with E-state index in [4.69, 9.17) is 9.47 Å². The van der Waals surface area contributed by atoms with Crippen LogP contribution in [0.15, 0.2) is 12.7 Å². The van der Waals surface area contributed by atoms with Crippen molar-refractivity contribution in [2.75, 3.05) is 19.8 Å². The first-order chi connectivity index (χ1) is 7.44. The lowest BCUT2D eigenvalue weighted by Crippen LogP contribution is -2.43. The van der Waals surface area contributed by atoms with Gasteiger partial charge < -0.3 is 9.47 Å². The molecule has 0 aromatic carbocycles. The lowest BCUT2D eigenvalue weighted by atomic mass is 10.2. The fourth-order valence-electron chi connectivity index (χ4n) is 1.54. The molecule has 1 aliphatic rings. The number of nitrogens with zero attached hydrogens (tertiary/aromatic N) is 1. The maximum Gasteiger partial charge on any atom is 0.410 e. The number of hydrogen-bond donors (Lipinski definition) is 0. The third-order valence-electron chi connectivity index (χ3n) is 2.28. The third-order valence-corrected chi connectivity index (χ3v) is 2.28. The van der Waals surface area contributed by atoms with Crippen LogP contribution in [0.1, 0.15) is 27.2 Å². The number of rotatable bonds is 1. The molecule has 0 N–H and O–H groups in total. The Kier molecular flexibility index (Phi) is 4.35. The standard InChI is InChI=1S/C12H21NO3/c1-5-10-9-15-8-6-7-13(10)11(14)16-12(2,3)4/h5,10H,1,6-9H2,2-4H3/t10-/m1/s1. The summed E-state index contributed by atoms with van der Waals surface area (Å²) in [5.74, 6) is 0. The van der Waals surface area contributed by atoms with E-state index in [1.807, 2.05) is 20.8 Å². The van der Waals surface area contributed by atoms with Gasteiger partial charge in [0.15, 0.2) is 0 Å². The van der Waals surface area contributed by atoms with E-state index < -0.39 is 5.60 Å². The van der Waals surface area contributed by atoms with Crippen molar-refractivity contribution in [1.82, 2.24) is 4.90 Å². The van der Waals surface area contributed by atoms with Crippen LogP contribution in [0.4, 0.5) is 4.79 Å². The predicted octanol–water partition coefficient (Wildman–Crippen LogP) is 2.20. The molecule has 4 heteroatoms. The van der Waals surface area contributed by atoms with Crippen molar-refractivity contribution < 1.29 is 14.3 Å². The highest BCUT2D eigenvalue weighted by Gasteiger charge is 2.27. The van der Waals surface area contributed by atoms with Gasteiger partial charge in [0.2, 0.25) is 0 Å². The molecule has 1 heterocycles. The minimum absolute atomic E-state index is 0.0858. The van der Waals surface area contributed by atoms with Gasteiger partial charge in [-0.25, -0.2) is 4.79 Å². The average molecular weight is 227 g/mol. The summed E-state index contributed by atoms with van der Waals surface area (Å²) in [5, 5.41) is 0. The minimum Gasteiger partial charge on any atom is -0.444 e. The Balaban J connectivity index is 2.66. The van der Waals surface area contributed by atoms with Gasteiger partial charge >= 0.3 is 6.09 Å². The van der Waals surface area contributed by atoms with Crippen LogP contribution in [-0.2, 0) is 9.47 Å². The first kappa shape index (κ1) is 13.0. The second-order valence-electron chi connectivity index (χ2n) is 4.91. The number of amides is 1. The van der Waals surface area contributed by atoms with Crippen molar-refractivity contribution in [3.05, 3.63) is 12.7 Å². The average Bonchev–Trinajstić information content (AvgIpc) is 2.39. The summed E-state index contributed by atoms with van der Waals surface area (Å²) >= 11 is 0. The van der Waals surface area contributed by atoms with Gasteiger partial charge in [0.1, 0.15) is 5.60 Å². The highest BCUT2D eigenvalue weighted by Crippen LogP contribution is 2.15. The monoisotopic (exact) mass is 227 g/mol. The summed E-state index contributed by atoms with van der Waals surface area (Å²) in [6.45, 7) is 11.2. The molecule has 0 saturated carbocycles. The molecule has 0 unspecified atom stereocenters. The van der Waals surface area contributed by atoms with Crippen molar-refractivity contribution >= 4 is 6.09 Å². The summed E-state index contributed by atoms with van der Waals surface area (Å²) in [6, 6.07) is -0.0858. The van der Waals surface area contributed by atoms with Crippen LogP contribution in [-0.4, -0.2) is 42.4 Å². The molecular formula is C12H21NO3. The Labute approximate surface area is 97.2 Å². The number of carbonyl (C=O) groups excluding carboxylic acids is 1. The third kappa shape index (κ3) is 3.85. The Morgan fingerprint density at radius 1 is 1.56 bits per heavy atom. The van der Waals surface area contributed by atoms with Gasteiger partial charge in [-0.05, 0) is 27.2 Å². The van der Waals surface area contributed by atoms with Gasteiger partial charge in [-0.1, -0.05) is 6.08 Å². The van der Waals surface area contributed by atoms with Crippen molar-refractivity contribution in [2.45, 2.75) is 38.8 Å². The maximum absolute atomic E-state index is 11.9. The van der Waals surface area contributed by atoms with Crippen LogP contribution in [0.3, 0.4) is 0 Å². The predicted molar refractivity (Wildman–Crippen MR) is 62.4 cm³/mol. The van der Waals surface area contributed by atoms with Crippen LogP contribution in [0, 0.1) is 0 Å². The number of carbonyl (C=O) groups is 1. The molecule has 0 aromatic heterocycles. The largest absolute Gasteiger partial charge is 0.444 e. The molecule has 1 rings (SSSR count). The van der Waals surface area contributed by atoms with Crippen molar-refractivity contribution in [3.63, 3.8) is 0 Å². The second kappa shape index (κ2) is 5.34. The lowest BCUT2D eigenvalue weighted by Gasteiger charge is -2.30. The smallest absolute Gasteiger partial charge is 0.410 e. The zero-order chi connectivity index (χ0) is 12.2. The molecule has 1 aliphatic heterocycles. The molecule has 0 aromatic rings. The molecule has 0 spiro atoms. The van der Waals surface area contributed by atoms with Crippen LogP contribution in [0.25, 0.3) is 0 Å². The first-order valence-corrected chi connectivity index (χ1v) is 5.64. The Morgan fingerprint density at radius 3 is 2.81 bits per heavy atom. The van der Waals surface area contributed by atoms with E-state index in [-0.39, 0.29) is 12.1 Å². The van der Waals surface area contributed by atoms with Crippen LogP contribution in [0.5, 0.6) is 0 Å². The van der Waals surface area contributed by atoms with E-state index in [1.165, 1.54) is 0 Å². The Hall–Kier alpha value is -1.03. The van der Waals surface area contributed by atoms with Crippen LogP contribution >= 0.6 is 0 Å². The molecule has 1 saturated heterocycles. The Morgan fingerprint density at radius 2 is 2.25 bits per heavy atom. The highest BCUT2D eigenvalue weighted by molar-refractivity contribution is 5.69. The van der Waals surface area contributed by atoms with Gasteiger partial charge in [0.25, 0.3) is 0 Å². The fourth-order valence-corrected chi connectivity index (χ4v) is 1.54. The maximum atomic E-state index is 11.9. The molecule has 1 amide bonds. The van der Waals surface area contributed by atoms with Crippen molar-refractivity contribution in [2.24, 2.45) is 0 Å². The molecule has 92 valence electrons. The zero-order valence-electron chi connectivity index (χ0n) is 10.4. The Bertz CT molecular complexity index is 257. The van der Waals surface area contributed by atoms with Crippen LogP contribution < -0.4 is 0 Å². The van der Waals surface area contributed by atoms with Gasteiger partial charge in [-0.3, -0.25) is 4.90 Å². The molecular weight excluding hydrogens is 206 g/mol. The van der Waals surface area contributed by atoms with Gasteiger partial charge in [-0.2, -0.15) is 0 Å². The molecule has 0 bridgehead atoms. The molecule has 1 atom stereocenters. The number of hydrogen-bond acceptors (Lipinski definition) is 3. The molecule has 16 heavy (non-hydrogen) atoms. The summed E-state index contributed by atoms with van der Waals surface area (Å²) in [6.07, 6.45) is 2.28. The summed E-state index contributed by atoms with van der Waals surface area (Å²) in [5.41, 5.74) is -0.462. The summed E-state index contributed by atoms with van der Waals surface area (Å²) in [4.78, 5) is 13.6. The quantitative estimate of drug-likeness (QED) is 0.645. The van der Waals surface area contributed by atoms with Gasteiger partial charge in [-0.15, -0.1) is 6.58 Å². The van der Waals surface area contributed by atoms with E-state index in [1.54, 1.807) is 11.0 Å². The molecule has 1 fully saturated rings. The number of ether oxygens (including phenoxy) is 2. The summed E-state index contributed by atoms with van der Waals surface area (Å²) < 4.78 is 10.7. The molecule has 0 radical (unpaired) electrons. The lowest BCUT2D eigenvalue weighted by molar-refractivity contribution is 0.0177. The van der Waals surface area contributed by atoms with Crippen molar-refractivity contribution in [3.8, 4) is 0 Å². The van der Waals surface area contributed by atoms with E-state index >= 15 is 0 Å². The molecule has 4 nitrogen and oxygen atoms in total. The highest BCUT2D eigenvalue weighted by atomic mass is 16.6. The first-order valence-electron chi connectivity index (χ1n) is 5.64. The second-order valence-corrected chi connectivity index (χ2v) is 4.91. The van der Waals surface area contributed by atoms with Crippen molar-refractivity contribution in [1.29, 1.82) is 0 Å². The van der Waals surface area contributed by atoms with E-state index in [0.717, 1.165) is 6.42 Å². The van der Waals surface area contributed by atoms with Gasteiger partial charge in [0, 0.05) is 13.2 Å². The summed E-state index contributed by atoms with van der Waals surface area (Å²) in [7, 11) is 0. The van der Waals surface area contributed by atoms with E-state index in [2.05, 4.69) is 6.58 Å². The van der Waals surface area contributed by atoms with E-state index in [0.29, 0.717) is 19.8 Å². The normalized spacial score (nSPS) is 22.4. The van der Waals surface area contributed by atoms with E-state index in [9.17, 15) is 4.79 Å². The van der Waals surface area contributed by atoms with Gasteiger partial charge in [0.05, 0.1) is 12.6 Å². The minimum atomic E-state index is -0.462. The zero-order valence-corrected chi connectivity index (χ0v) is 10.4. The molecule has 0 aliphatic carbocycles. The fraction of sp³-hybridized carbons (Fsp3) is 0.750. The van der Waals surface area contributed by atoms with Crippen LogP contribution in [0.2, 0.25) is 0 Å².